The summed E-state index contributed by atoms with van der Waals surface area (Å²) in [6.45, 7) is 6.91. The van der Waals surface area contributed by atoms with Crippen molar-refractivity contribution in [3.8, 4) is 11.8 Å². The number of hydrogen-bond donors (Lipinski definition) is 1. The summed E-state index contributed by atoms with van der Waals surface area (Å²) in [7, 11) is 1.65. The van der Waals surface area contributed by atoms with Crippen molar-refractivity contribution in [3.05, 3.63) is 34.2 Å². The molecule has 1 N–H and O–H groups in total. The van der Waals surface area contributed by atoms with Gasteiger partial charge in [-0.15, -0.1) is 0 Å². The number of carbonyl (C=O) groups is 3. The molecule has 0 radical (unpaired) electrons. The molecule has 0 saturated heterocycles. The predicted octanol–water partition coefficient (Wildman–Crippen LogP) is 2.11. The van der Waals surface area contributed by atoms with Crippen molar-refractivity contribution in [1.29, 1.82) is 0 Å². The van der Waals surface area contributed by atoms with Gasteiger partial charge in [0.25, 0.3) is 0 Å². The second kappa shape index (κ2) is 12.0. The molecular formula is C26H33N3O7. The van der Waals surface area contributed by atoms with E-state index in [9.17, 15) is 19.2 Å². The van der Waals surface area contributed by atoms with Crippen LogP contribution in [0, 0.1) is 11.8 Å². The first kappa shape index (κ1) is 27.2. The zero-order valence-corrected chi connectivity index (χ0v) is 21.2. The predicted molar refractivity (Wildman–Crippen MR) is 133 cm³/mol. The maximum Gasteiger partial charge on any atom is 0.407 e. The molecule has 1 fully saturated rings. The van der Waals surface area contributed by atoms with Crippen LogP contribution in [0.4, 0.5) is 4.79 Å². The van der Waals surface area contributed by atoms with Crippen molar-refractivity contribution >= 4 is 28.7 Å². The highest BCUT2D eigenvalue weighted by molar-refractivity contribution is 6.03. The number of ketones is 2. The number of hydrogen-bond acceptors (Lipinski definition) is 7. The van der Waals surface area contributed by atoms with E-state index in [4.69, 9.17) is 14.2 Å². The molecule has 0 aliphatic heterocycles. The summed E-state index contributed by atoms with van der Waals surface area (Å²) in [5.41, 5.74) is 1.07. The number of alkyl carbamates (subject to hydrolysis) is 1. The molecule has 10 heteroatoms. The number of aryl methyl sites for hydroxylation is 1. The van der Waals surface area contributed by atoms with E-state index in [1.54, 1.807) is 40.0 Å². The Morgan fingerprint density at radius 1 is 1.14 bits per heavy atom. The molecule has 3 rings (SSSR count). The van der Waals surface area contributed by atoms with Crippen molar-refractivity contribution in [2.24, 2.45) is 7.05 Å². The van der Waals surface area contributed by atoms with Crippen LogP contribution in [0.15, 0.2) is 23.0 Å². The standard InChI is InChI=1S/C26H33N3O7/c1-26(2,3)36-24(32)27-12-14-35-16-15-34-13-6-8-18-7-5-9-21-23(18)28(4)25(33)29(21)20-11-10-19(30)17-22(20)31/h5,7,9,20H,10-17H2,1-4H3,(H,27,32). The Kier molecular flexibility index (Phi) is 9.07. The summed E-state index contributed by atoms with van der Waals surface area (Å²) in [6.07, 6.45) is 0.00870. The second-order valence-corrected chi connectivity index (χ2v) is 9.52. The molecule has 1 aliphatic carbocycles. The van der Waals surface area contributed by atoms with Crippen LogP contribution in [-0.2, 0) is 30.8 Å². The monoisotopic (exact) mass is 499 g/mol. The van der Waals surface area contributed by atoms with Gasteiger partial charge in [0.05, 0.1) is 48.9 Å². The van der Waals surface area contributed by atoms with E-state index in [0.717, 1.165) is 0 Å². The van der Waals surface area contributed by atoms with Gasteiger partial charge in [-0.1, -0.05) is 17.9 Å². The smallest absolute Gasteiger partial charge is 0.407 e. The van der Waals surface area contributed by atoms with Gasteiger partial charge in [0.15, 0.2) is 5.78 Å². The zero-order valence-electron chi connectivity index (χ0n) is 21.2. The fourth-order valence-corrected chi connectivity index (χ4v) is 3.99. The van der Waals surface area contributed by atoms with Gasteiger partial charge in [-0.05, 0) is 39.3 Å². The fraction of sp³-hybridized carbons (Fsp3) is 0.538. The minimum absolute atomic E-state index is 0.0843. The number of rotatable bonds is 8. The van der Waals surface area contributed by atoms with Gasteiger partial charge < -0.3 is 19.5 Å². The van der Waals surface area contributed by atoms with Crippen LogP contribution >= 0.6 is 0 Å². The number of Topliss-reactive ketones (excluding diaryl/α,β-unsaturated/α-hetero) is 2. The largest absolute Gasteiger partial charge is 0.444 e. The molecule has 36 heavy (non-hydrogen) atoms. The quantitative estimate of drug-likeness (QED) is 0.336. The Balaban J connectivity index is 1.50. The average Bonchev–Trinajstić information content (AvgIpc) is 3.05. The topological polar surface area (TPSA) is 118 Å². The van der Waals surface area contributed by atoms with E-state index < -0.39 is 17.7 Å². The SMILES string of the molecule is Cn1c(=O)n(C2CCC(=O)CC2=O)c2cccc(C#CCOCCOCCNC(=O)OC(C)(C)C)c21. The Morgan fingerprint density at radius 2 is 1.89 bits per heavy atom. The lowest BCUT2D eigenvalue weighted by atomic mass is 9.92. The molecule has 0 bridgehead atoms. The zero-order chi connectivity index (χ0) is 26.3. The molecule has 194 valence electrons. The molecular weight excluding hydrogens is 466 g/mol. The Bertz CT molecular complexity index is 1240. The molecule has 1 aromatic carbocycles. The van der Waals surface area contributed by atoms with Crippen molar-refractivity contribution in [3.63, 3.8) is 0 Å². The molecule has 1 unspecified atom stereocenters. The van der Waals surface area contributed by atoms with E-state index >= 15 is 0 Å². The molecule has 1 saturated carbocycles. The normalized spacial score (nSPS) is 16.1. The van der Waals surface area contributed by atoms with Gasteiger partial charge in [-0.3, -0.25) is 18.7 Å². The highest BCUT2D eigenvalue weighted by Gasteiger charge is 2.31. The third kappa shape index (κ3) is 7.06. The number of nitrogens with zero attached hydrogens (tertiary/aromatic N) is 2. The Hall–Kier alpha value is -3.42. The number of para-hydroxylation sites is 1. The summed E-state index contributed by atoms with van der Waals surface area (Å²) in [6, 6.07) is 4.76. The molecule has 10 nitrogen and oxygen atoms in total. The summed E-state index contributed by atoms with van der Waals surface area (Å²) in [5, 5.41) is 2.61. The lowest BCUT2D eigenvalue weighted by molar-refractivity contribution is -0.132. The number of ether oxygens (including phenoxy) is 3. The minimum Gasteiger partial charge on any atom is -0.444 e. The van der Waals surface area contributed by atoms with E-state index in [0.29, 0.717) is 55.8 Å². The summed E-state index contributed by atoms with van der Waals surface area (Å²) in [5.74, 6) is 5.68. The number of benzene rings is 1. The van der Waals surface area contributed by atoms with Crippen molar-refractivity contribution in [2.75, 3.05) is 33.0 Å². The van der Waals surface area contributed by atoms with E-state index in [1.807, 2.05) is 6.07 Å². The summed E-state index contributed by atoms with van der Waals surface area (Å²) >= 11 is 0. The maximum atomic E-state index is 13.0. The highest BCUT2D eigenvalue weighted by Crippen LogP contribution is 2.27. The van der Waals surface area contributed by atoms with Crippen LogP contribution < -0.4 is 11.0 Å². The molecule has 0 spiro atoms. The summed E-state index contributed by atoms with van der Waals surface area (Å²) < 4.78 is 19.0. The first-order valence-electron chi connectivity index (χ1n) is 11.9. The van der Waals surface area contributed by atoms with Crippen LogP contribution in [-0.4, -0.2) is 65.4 Å². The van der Waals surface area contributed by atoms with Crippen LogP contribution in [0.25, 0.3) is 11.0 Å². The first-order chi connectivity index (χ1) is 17.1. The minimum atomic E-state index is -0.634. The number of nitrogens with one attached hydrogen (secondary N) is 1. The van der Waals surface area contributed by atoms with Crippen LogP contribution in [0.2, 0.25) is 0 Å². The van der Waals surface area contributed by atoms with E-state index in [-0.39, 0.29) is 30.3 Å². The first-order valence-corrected chi connectivity index (χ1v) is 11.9. The number of imidazole rings is 1. The molecule has 1 amide bonds. The molecule has 2 aromatic rings. The van der Waals surface area contributed by atoms with E-state index in [2.05, 4.69) is 17.2 Å². The second-order valence-electron chi connectivity index (χ2n) is 9.52. The van der Waals surface area contributed by atoms with Crippen molar-refractivity contribution in [1.82, 2.24) is 14.5 Å². The van der Waals surface area contributed by atoms with Crippen LogP contribution in [0.3, 0.4) is 0 Å². The Morgan fingerprint density at radius 3 is 2.61 bits per heavy atom. The van der Waals surface area contributed by atoms with Crippen LogP contribution in [0.1, 0.15) is 51.6 Å². The lowest BCUT2D eigenvalue weighted by Gasteiger charge is -2.21. The lowest BCUT2D eigenvalue weighted by Crippen LogP contribution is -2.34. The molecule has 1 aliphatic rings. The van der Waals surface area contributed by atoms with Gasteiger partial charge in [0, 0.05) is 20.0 Å². The third-order valence-electron chi connectivity index (χ3n) is 5.54. The molecule has 1 heterocycles. The summed E-state index contributed by atoms with van der Waals surface area (Å²) in [4.78, 5) is 48.6. The Labute approximate surface area is 209 Å². The fourth-order valence-electron chi connectivity index (χ4n) is 3.99. The highest BCUT2D eigenvalue weighted by atomic mass is 16.6. The van der Waals surface area contributed by atoms with Gasteiger partial charge in [0.1, 0.15) is 18.0 Å². The van der Waals surface area contributed by atoms with Gasteiger partial charge in [-0.25, -0.2) is 9.59 Å². The van der Waals surface area contributed by atoms with E-state index in [1.165, 1.54) is 9.13 Å². The van der Waals surface area contributed by atoms with Crippen LogP contribution in [0.5, 0.6) is 0 Å². The van der Waals surface area contributed by atoms with Gasteiger partial charge >= 0.3 is 11.8 Å². The number of aromatic nitrogens is 2. The number of fused-ring (bicyclic) bond motifs is 1. The molecule has 1 aromatic heterocycles. The molecule has 1 atom stereocenters. The third-order valence-corrected chi connectivity index (χ3v) is 5.54. The number of amides is 1. The van der Waals surface area contributed by atoms with Gasteiger partial charge in [0.2, 0.25) is 0 Å². The average molecular weight is 500 g/mol. The van der Waals surface area contributed by atoms with Gasteiger partial charge in [-0.2, -0.15) is 0 Å². The van der Waals surface area contributed by atoms with Crippen molar-refractivity contribution in [2.45, 2.75) is 51.7 Å². The number of carbonyl (C=O) groups excluding carboxylic acids is 3. The van der Waals surface area contributed by atoms with Crippen molar-refractivity contribution < 1.29 is 28.6 Å². The maximum absolute atomic E-state index is 13.0.